The SMILES string of the molecule is CCCCCCCCCCCC(=O)N(CCC(=O)OC)C(=O)O. The highest BCUT2D eigenvalue weighted by atomic mass is 16.5. The summed E-state index contributed by atoms with van der Waals surface area (Å²) in [5, 5.41) is 9.03. The van der Waals surface area contributed by atoms with Crippen LogP contribution >= 0.6 is 0 Å². The number of methoxy groups -OCH3 is 1. The van der Waals surface area contributed by atoms with Gasteiger partial charge in [-0.05, 0) is 6.42 Å². The van der Waals surface area contributed by atoms with Crippen LogP contribution < -0.4 is 0 Å². The summed E-state index contributed by atoms with van der Waals surface area (Å²) in [5.41, 5.74) is 0. The molecule has 2 amide bonds. The molecule has 0 aliphatic carbocycles. The van der Waals surface area contributed by atoms with Crippen LogP contribution in [0.15, 0.2) is 0 Å². The Kier molecular flexibility index (Phi) is 13.1. The van der Waals surface area contributed by atoms with Gasteiger partial charge in [0.05, 0.1) is 13.5 Å². The number of nitrogens with zero attached hydrogens (tertiary/aromatic N) is 1. The van der Waals surface area contributed by atoms with Gasteiger partial charge in [0.1, 0.15) is 0 Å². The van der Waals surface area contributed by atoms with Crippen molar-refractivity contribution in [1.82, 2.24) is 4.90 Å². The number of carboxylic acid groups (broad SMARTS) is 1. The van der Waals surface area contributed by atoms with Crippen LogP contribution in [0.5, 0.6) is 0 Å². The lowest BCUT2D eigenvalue weighted by molar-refractivity contribution is -0.141. The topological polar surface area (TPSA) is 83.9 Å². The lowest BCUT2D eigenvalue weighted by Crippen LogP contribution is -2.37. The van der Waals surface area contributed by atoms with Gasteiger partial charge in [0.2, 0.25) is 5.91 Å². The molecule has 0 spiro atoms. The van der Waals surface area contributed by atoms with Crippen molar-refractivity contribution in [2.75, 3.05) is 13.7 Å². The Balaban J connectivity index is 3.79. The molecule has 0 rings (SSSR count). The van der Waals surface area contributed by atoms with Gasteiger partial charge in [-0.2, -0.15) is 0 Å². The fraction of sp³-hybridized carbons (Fsp3) is 0.824. The molecule has 23 heavy (non-hydrogen) atoms. The molecule has 0 bridgehead atoms. The quantitative estimate of drug-likeness (QED) is 0.408. The van der Waals surface area contributed by atoms with E-state index in [2.05, 4.69) is 11.7 Å². The van der Waals surface area contributed by atoms with Crippen LogP contribution in [0.4, 0.5) is 4.79 Å². The molecule has 0 saturated heterocycles. The van der Waals surface area contributed by atoms with E-state index in [4.69, 9.17) is 5.11 Å². The summed E-state index contributed by atoms with van der Waals surface area (Å²) in [7, 11) is 1.23. The zero-order valence-electron chi connectivity index (χ0n) is 14.5. The van der Waals surface area contributed by atoms with E-state index < -0.39 is 18.0 Å². The van der Waals surface area contributed by atoms with E-state index >= 15 is 0 Å². The van der Waals surface area contributed by atoms with Crippen LogP contribution in [0.2, 0.25) is 0 Å². The third-order valence-electron chi connectivity index (χ3n) is 3.79. The molecule has 6 nitrogen and oxygen atoms in total. The minimum absolute atomic E-state index is 0.105. The van der Waals surface area contributed by atoms with Crippen LogP contribution in [-0.4, -0.2) is 41.6 Å². The maximum absolute atomic E-state index is 11.9. The summed E-state index contributed by atoms with van der Waals surface area (Å²) in [5.74, 6) is -0.962. The van der Waals surface area contributed by atoms with Crippen LogP contribution in [0.3, 0.4) is 0 Å². The molecular formula is C17H31NO5. The number of rotatable bonds is 13. The maximum Gasteiger partial charge on any atom is 0.414 e. The number of hydrogen-bond acceptors (Lipinski definition) is 4. The lowest BCUT2D eigenvalue weighted by atomic mass is 10.1. The second-order valence-corrected chi connectivity index (χ2v) is 5.73. The van der Waals surface area contributed by atoms with E-state index in [0.717, 1.165) is 12.8 Å². The van der Waals surface area contributed by atoms with Gasteiger partial charge in [-0.1, -0.05) is 58.3 Å². The third kappa shape index (κ3) is 11.6. The van der Waals surface area contributed by atoms with Crippen molar-refractivity contribution < 1.29 is 24.2 Å². The summed E-state index contributed by atoms with van der Waals surface area (Å²) in [6.07, 6.45) is 9.01. The summed E-state index contributed by atoms with van der Waals surface area (Å²) < 4.78 is 4.45. The number of carbonyl (C=O) groups is 3. The van der Waals surface area contributed by atoms with E-state index in [1.165, 1.54) is 45.6 Å². The van der Waals surface area contributed by atoms with E-state index in [9.17, 15) is 14.4 Å². The van der Waals surface area contributed by atoms with Gasteiger partial charge in [0, 0.05) is 13.0 Å². The second-order valence-electron chi connectivity index (χ2n) is 5.73. The lowest BCUT2D eigenvalue weighted by Gasteiger charge is -2.16. The molecule has 0 aliphatic rings. The van der Waals surface area contributed by atoms with Crippen molar-refractivity contribution in [1.29, 1.82) is 0 Å². The third-order valence-corrected chi connectivity index (χ3v) is 3.79. The van der Waals surface area contributed by atoms with Gasteiger partial charge in [-0.3, -0.25) is 9.59 Å². The van der Waals surface area contributed by atoms with Gasteiger partial charge in [-0.25, -0.2) is 9.69 Å². The fourth-order valence-corrected chi connectivity index (χ4v) is 2.35. The number of esters is 1. The molecule has 0 unspecified atom stereocenters. The van der Waals surface area contributed by atoms with Crippen LogP contribution in [0.1, 0.15) is 77.6 Å². The Bertz CT molecular complexity index is 357. The Morgan fingerprint density at radius 2 is 1.39 bits per heavy atom. The smallest absolute Gasteiger partial charge is 0.414 e. The summed E-state index contributed by atoms with van der Waals surface area (Å²) in [6.45, 7) is 2.06. The summed E-state index contributed by atoms with van der Waals surface area (Å²) in [6, 6.07) is 0. The average Bonchev–Trinajstić information content (AvgIpc) is 2.52. The van der Waals surface area contributed by atoms with Crippen molar-refractivity contribution >= 4 is 18.0 Å². The largest absolute Gasteiger partial charge is 0.469 e. The van der Waals surface area contributed by atoms with E-state index in [0.29, 0.717) is 11.3 Å². The van der Waals surface area contributed by atoms with Crippen LogP contribution in [-0.2, 0) is 14.3 Å². The number of amides is 2. The molecule has 0 aromatic carbocycles. The van der Waals surface area contributed by atoms with Gasteiger partial charge < -0.3 is 9.84 Å². The minimum atomic E-state index is -1.31. The standard InChI is InChI=1S/C17H31NO5/c1-3-4-5-6-7-8-9-10-11-12-15(19)18(17(21)22)14-13-16(20)23-2/h3-14H2,1-2H3,(H,21,22). The van der Waals surface area contributed by atoms with Gasteiger partial charge in [-0.15, -0.1) is 0 Å². The number of imide groups is 1. The van der Waals surface area contributed by atoms with Gasteiger partial charge in [0.25, 0.3) is 0 Å². The highest BCUT2D eigenvalue weighted by Crippen LogP contribution is 2.11. The van der Waals surface area contributed by atoms with Crippen molar-refractivity contribution in [3.8, 4) is 0 Å². The molecule has 0 aromatic heterocycles. The molecule has 134 valence electrons. The molecule has 0 saturated carbocycles. The second kappa shape index (κ2) is 14.0. The highest BCUT2D eigenvalue weighted by molar-refractivity contribution is 5.91. The van der Waals surface area contributed by atoms with Gasteiger partial charge in [0.15, 0.2) is 0 Å². The predicted octanol–water partition coefficient (Wildman–Crippen LogP) is 3.98. The van der Waals surface area contributed by atoms with Crippen molar-refractivity contribution in [2.45, 2.75) is 77.6 Å². The molecule has 0 aliphatic heterocycles. The summed E-state index contributed by atoms with van der Waals surface area (Å²) >= 11 is 0. The van der Waals surface area contributed by atoms with Crippen molar-refractivity contribution in [3.63, 3.8) is 0 Å². The number of unbranched alkanes of at least 4 members (excludes halogenated alkanes) is 8. The first-order valence-electron chi connectivity index (χ1n) is 8.63. The van der Waals surface area contributed by atoms with E-state index in [1.807, 2.05) is 0 Å². The fourth-order valence-electron chi connectivity index (χ4n) is 2.35. The Hall–Kier alpha value is -1.59. The molecule has 0 atom stereocenters. The van der Waals surface area contributed by atoms with Crippen molar-refractivity contribution in [2.24, 2.45) is 0 Å². The Morgan fingerprint density at radius 3 is 1.87 bits per heavy atom. The zero-order chi connectivity index (χ0) is 17.5. The maximum atomic E-state index is 11.9. The van der Waals surface area contributed by atoms with Crippen LogP contribution in [0, 0.1) is 0 Å². The monoisotopic (exact) mass is 329 g/mol. The van der Waals surface area contributed by atoms with E-state index in [-0.39, 0.29) is 19.4 Å². The molecule has 0 fully saturated rings. The first kappa shape index (κ1) is 21.4. The summed E-state index contributed by atoms with van der Waals surface area (Å²) in [4.78, 5) is 34.7. The Labute approximate surface area is 139 Å². The molecule has 0 radical (unpaired) electrons. The number of carbonyl (C=O) groups excluding carboxylic acids is 2. The molecule has 0 aromatic rings. The van der Waals surface area contributed by atoms with Gasteiger partial charge >= 0.3 is 12.1 Å². The van der Waals surface area contributed by atoms with Crippen molar-refractivity contribution in [3.05, 3.63) is 0 Å². The van der Waals surface area contributed by atoms with E-state index in [1.54, 1.807) is 0 Å². The molecular weight excluding hydrogens is 298 g/mol. The molecule has 0 heterocycles. The minimum Gasteiger partial charge on any atom is -0.469 e. The number of hydrogen-bond donors (Lipinski definition) is 1. The Morgan fingerprint density at radius 1 is 0.870 bits per heavy atom. The van der Waals surface area contributed by atoms with Crippen LogP contribution in [0.25, 0.3) is 0 Å². The first-order valence-corrected chi connectivity index (χ1v) is 8.63. The molecule has 1 N–H and O–H groups in total. The number of ether oxygens (including phenoxy) is 1. The highest BCUT2D eigenvalue weighted by Gasteiger charge is 2.21. The molecule has 6 heteroatoms. The normalized spacial score (nSPS) is 10.3. The average molecular weight is 329 g/mol. The zero-order valence-corrected chi connectivity index (χ0v) is 14.5. The predicted molar refractivity (Wildman–Crippen MR) is 88.2 cm³/mol. The first-order chi connectivity index (χ1) is 11.0.